The van der Waals surface area contributed by atoms with Crippen LogP contribution in [0.2, 0.25) is 0 Å². The van der Waals surface area contributed by atoms with Crippen molar-refractivity contribution >= 4 is 29.1 Å². The van der Waals surface area contributed by atoms with E-state index in [9.17, 15) is 14.4 Å². The first-order valence-electron chi connectivity index (χ1n) is 8.79. The number of thiophene rings is 1. The van der Waals surface area contributed by atoms with Gasteiger partial charge in [0, 0.05) is 26.7 Å². The van der Waals surface area contributed by atoms with Gasteiger partial charge >= 0.3 is 5.97 Å². The molecule has 1 aliphatic rings. The molecule has 2 amide bonds. The summed E-state index contributed by atoms with van der Waals surface area (Å²) in [5.74, 6) is -0.773. The van der Waals surface area contributed by atoms with E-state index in [2.05, 4.69) is 0 Å². The average molecular weight is 390 g/mol. The zero-order chi connectivity index (χ0) is 19.2. The number of hydrogen-bond acceptors (Lipinski definition) is 6. The fraction of sp³-hybridized carbons (Fsp3) is 0.421. The second-order valence-electron chi connectivity index (χ2n) is 6.53. The third-order valence-corrected chi connectivity index (χ3v) is 5.34. The molecule has 8 heteroatoms. The molecule has 27 heavy (non-hydrogen) atoms. The van der Waals surface area contributed by atoms with Crippen molar-refractivity contribution in [2.24, 2.45) is 5.92 Å². The van der Waals surface area contributed by atoms with Crippen molar-refractivity contribution in [2.45, 2.75) is 19.4 Å². The Kier molecular flexibility index (Phi) is 6.28. The van der Waals surface area contributed by atoms with Crippen LogP contribution in [0.4, 0.5) is 0 Å². The number of ether oxygens (including phenoxy) is 1. The van der Waals surface area contributed by atoms with E-state index in [1.807, 2.05) is 16.8 Å². The zero-order valence-electron chi connectivity index (χ0n) is 15.1. The molecular weight excluding hydrogens is 368 g/mol. The van der Waals surface area contributed by atoms with E-state index < -0.39 is 0 Å². The summed E-state index contributed by atoms with van der Waals surface area (Å²) in [6, 6.07) is 5.25. The van der Waals surface area contributed by atoms with Crippen LogP contribution in [0.25, 0.3) is 0 Å². The lowest BCUT2D eigenvalue weighted by atomic mass is 9.97. The Bertz CT molecular complexity index is 764. The molecule has 1 aliphatic heterocycles. The standard InChI is InChI=1S/C19H22N2O5S/c1-20(11-14-6-10-27-13-14)17(22)12-26-19(24)15-4-7-21(8-5-15)18(23)16-3-2-9-25-16/h2-3,6,9-10,13,15H,4-5,7-8,11-12H2,1H3. The normalized spacial score (nSPS) is 14.8. The predicted octanol–water partition coefficient (Wildman–Crippen LogP) is 2.40. The van der Waals surface area contributed by atoms with Crippen LogP contribution >= 0.6 is 11.3 Å². The monoisotopic (exact) mass is 390 g/mol. The molecule has 0 radical (unpaired) electrons. The smallest absolute Gasteiger partial charge is 0.309 e. The molecule has 2 aromatic rings. The van der Waals surface area contributed by atoms with Gasteiger partial charge in [-0.1, -0.05) is 0 Å². The van der Waals surface area contributed by atoms with Gasteiger partial charge in [-0.3, -0.25) is 14.4 Å². The Balaban J connectivity index is 1.40. The van der Waals surface area contributed by atoms with E-state index in [4.69, 9.17) is 9.15 Å². The first-order valence-corrected chi connectivity index (χ1v) is 9.73. The minimum atomic E-state index is -0.377. The summed E-state index contributed by atoms with van der Waals surface area (Å²) in [7, 11) is 1.69. The Morgan fingerprint density at radius 2 is 2.07 bits per heavy atom. The number of likely N-dealkylation sites (tertiary alicyclic amines) is 1. The van der Waals surface area contributed by atoms with Gasteiger partial charge in [-0.05, 0) is 47.4 Å². The first-order chi connectivity index (χ1) is 13.0. The van der Waals surface area contributed by atoms with Gasteiger partial charge in [0.05, 0.1) is 12.2 Å². The third kappa shape index (κ3) is 4.97. The number of likely N-dealkylation sites (N-methyl/N-ethyl adjacent to an activating group) is 1. The topological polar surface area (TPSA) is 80.1 Å². The summed E-state index contributed by atoms with van der Waals surface area (Å²) < 4.78 is 10.3. The lowest BCUT2D eigenvalue weighted by Gasteiger charge is -2.30. The second-order valence-corrected chi connectivity index (χ2v) is 7.31. The van der Waals surface area contributed by atoms with Gasteiger partial charge in [0.25, 0.3) is 11.8 Å². The molecule has 144 valence electrons. The largest absolute Gasteiger partial charge is 0.459 e. The van der Waals surface area contributed by atoms with E-state index in [1.165, 1.54) is 6.26 Å². The van der Waals surface area contributed by atoms with E-state index in [0.29, 0.717) is 38.2 Å². The molecule has 3 heterocycles. The minimum absolute atomic E-state index is 0.169. The minimum Gasteiger partial charge on any atom is -0.459 e. The maximum absolute atomic E-state index is 12.2. The highest BCUT2D eigenvalue weighted by Gasteiger charge is 2.30. The van der Waals surface area contributed by atoms with Gasteiger partial charge in [0.2, 0.25) is 0 Å². The fourth-order valence-corrected chi connectivity index (χ4v) is 3.64. The van der Waals surface area contributed by atoms with Gasteiger partial charge < -0.3 is 19.0 Å². The van der Waals surface area contributed by atoms with Crippen molar-refractivity contribution < 1.29 is 23.5 Å². The lowest BCUT2D eigenvalue weighted by Crippen LogP contribution is -2.41. The highest BCUT2D eigenvalue weighted by molar-refractivity contribution is 7.07. The van der Waals surface area contributed by atoms with Crippen LogP contribution in [0.1, 0.15) is 29.0 Å². The summed E-state index contributed by atoms with van der Waals surface area (Å²) in [6.07, 6.45) is 2.50. The van der Waals surface area contributed by atoms with Gasteiger partial charge in [0.1, 0.15) is 0 Å². The quantitative estimate of drug-likeness (QED) is 0.708. The molecule has 0 aromatic carbocycles. The van der Waals surface area contributed by atoms with Crippen LogP contribution in [-0.4, -0.2) is 54.3 Å². The van der Waals surface area contributed by atoms with E-state index in [0.717, 1.165) is 5.56 Å². The number of nitrogens with zero attached hydrogens (tertiary/aromatic N) is 2. The molecule has 0 saturated carbocycles. The number of rotatable bonds is 6. The highest BCUT2D eigenvalue weighted by atomic mass is 32.1. The third-order valence-electron chi connectivity index (χ3n) is 4.61. The SMILES string of the molecule is CN(Cc1ccsc1)C(=O)COC(=O)C1CCN(C(=O)c2ccco2)CC1. The number of amides is 2. The summed E-state index contributed by atoms with van der Waals surface area (Å²) in [5, 5.41) is 3.93. The molecule has 0 unspecified atom stereocenters. The maximum atomic E-state index is 12.2. The van der Waals surface area contributed by atoms with Crippen LogP contribution in [0.5, 0.6) is 0 Å². The van der Waals surface area contributed by atoms with E-state index >= 15 is 0 Å². The summed E-state index contributed by atoms with van der Waals surface area (Å²) >= 11 is 1.57. The number of carbonyl (C=O) groups is 3. The molecule has 0 aliphatic carbocycles. The van der Waals surface area contributed by atoms with Crippen LogP contribution in [0.3, 0.4) is 0 Å². The highest BCUT2D eigenvalue weighted by Crippen LogP contribution is 2.20. The Labute approximate surface area is 161 Å². The Hall–Kier alpha value is -2.61. The summed E-state index contributed by atoms with van der Waals surface area (Å²) in [5.41, 5.74) is 1.05. The molecule has 0 N–H and O–H groups in total. The molecule has 0 atom stereocenters. The predicted molar refractivity (Wildman–Crippen MR) is 99.1 cm³/mol. The molecule has 0 spiro atoms. The van der Waals surface area contributed by atoms with Crippen molar-refractivity contribution in [3.05, 3.63) is 46.5 Å². The van der Waals surface area contributed by atoms with Crippen LogP contribution in [0.15, 0.2) is 39.6 Å². The Morgan fingerprint density at radius 3 is 2.70 bits per heavy atom. The van der Waals surface area contributed by atoms with Crippen molar-refractivity contribution in [1.29, 1.82) is 0 Å². The van der Waals surface area contributed by atoms with Crippen LogP contribution < -0.4 is 0 Å². The number of esters is 1. The molecular formula is C19H22N2O5S. The molecule has 1 fully saturated rings. The number of carbonyl (C=O) groups excluding carboxylic acids is 3. The average Bonchev–Trinajstić information content (AvgIpc) is 3.39. The van der Waals surface area contributed by atoms with Crippen LogP contribution in [0, 0.1) is 5.92 Å². The molecule has 3 rings (SSSR count). The van der Waals surface area contributed by atoms with Crippen molar-refractivity contribution in [1.82, 2.24) is 9.80 Å². The van der Waals surface area contributed by atoms with Gasteiger partial charge in [-0.25, -0.2) is 0 Å². The number of furan rings is 1. The van der Waals surface area contributed by atoms with E-state index in [1.54, 1.807) is 40.3 Å². The van der Waals surface area contributed by atoms with Crippen LogP contribution in [-0.2, 0) is 20.9 Å². The lowest BCUT2D eigenvalue weighted by molar-refractivity contribution is -0.156. The zero-order valence-corrected chi connectivity index (χ0v) is 15.9. The number of hydrogen-bond donors (Lipinski definition) is 0. The molecule has 7 nitrogen and oxygen atoms in total. The van der Waals surface area contributed by atoms with Gasteiger partial charge in [0.15, 0.2) is 12.4 Å². The van der Waals surface area contributed by atoms with Gasteiger partial charge in [-0.15, -0.1) is 0 Å². The second kappa shape index (κ2) is 8.85. The molecule has 2 aromatic heterocycles. The van der Waals surface area contributed by atoms with Crippen molar-refractivity contribution in [3.8, 4) is 0 Å². The van der Waals surface area contributed by atoms with E-state index in [-0.39, 0.29) is 30.3 Å². The summed E-state index contributed by atoms with van der Waals surface area (Å²) in [4.78, 5) is 39.8. The first kappa shape index (κ1) is 19.2. The fourth-order valence-electron chi connectivity index (χ4n) is 2.98. The molecule has 1 saturated heterocycles. The summed E-state index contributed by atoms with van der Waals surface area (Å²) in [6.45, 7) is 1.16. The number of piperidine rings is 1. The van der Waals surface area contributed by atoms with Crippen molar-refractivity contribution in [2.75, 3.05) is 26.7 Å². The van der Waals surface area contributed by atoms with Gasteiger partial charge in [-0.2, -0.15) is 11.3 Å². The molecule has 0 bridgehead atoms. The maximum Gasteiger partial charge on any atom is 0.309 e. The Morgan fingerprint density at radius 1 is 1.30 bits per heavy atom. The van der Waals surface area contributed by atoms with Crippen molar-refractivity contribution in [3.63, 3.8) is 0 Å².